The van der Waals surface area contributed by atoms with Gasteiger partial charge in [0.1, 0.15) is 12.3 Å². The second-order valence-electron chi connectivity index (χ2n) is 8.55. The van der Waals surface area contributed by atoms with Crippen LogP contribution in [0.3, 0.4) is 0 Å². The van der Waals surface area contributed by atoms with Gasteiger partial charge in [0.25, 0.3) is 0 Å². The lowest BCUT2D eigenvalue weighted by Gasteiger charge is -2.22. The SMILES string of the molecule is CCn1nc(C)cc1/C(OC(C)OC(=O)COC)=C(\C=N/C)c1ccc(C(C)(C)C)cc1. The third kappa shape index (κ3) is 6.53. The maximum atomic E-state index is 11.9. The summed E-state index contributed by atoms with van der Waals surface area (Å²) >= 11 is 0. The molecule has 7 heteroatoms. The maximum Gasteiger partial charge on any atom is 0.335 e. The summed E-state index contributed by atoms with van der Waals surface area (Å²) in [4.78, 5) is 16.2. The topological polar surface area (TPSA) is 74.9 Å². The van der Waals surface area contributed by atoms with Crippen molar-refractivity contribution in [1.82, 2.24) is 9.78 Å². The van der Waals surface area contributed by atoms with Crippen LogP contribution < -0.4 is 0 Å². The first-order chi connectivity index (χ1) is 15.1. The van der Waals surface area contributed by atoms with Crippen LogP contribution >= 0.6 is 0 Å². The van der Waals surface area contributed by atoms with Crippen LogP contribution in [0.1, 0.15) is 57.1 Å². The van der Waals surface area contributed by atoms with Gasteiger partial charge < -0.3 is 14.2 Å². The average molecular weight is 442 g/mol. The molecule has 0 N–H and O–H groups in total. The first kappa shape index (κ1) is 25.3. The predicted octanol–water partition coefficient (Wildman–Crippen LogP) is 4.63. The number of rotatable bonds is 9. The highest BCUT2D eigenvalue weighted by atomic mass is 16.7. The molecule has 0 spiro atoms. The molecule has 0 bridgehead atoms. The van der Waals surface area contributed by atoms with Gasteiger partial charge in [-0.2, -0.15) is 5.10 Å². The normalized spacial score (nSPS) is 13.8. The number of allylic oxidation sites excluding steroid dienone is 1. The number of carbonyl (C=O) groups is 1. The summed E-state index contributed by atoms with van der Waals surface area (Å²) in [5.41, 5.74) is 4.64. The number of methoxy groups -OCH3 is 1. The molecular formula is C25H35N3O4. The van der Waals surface area contributed by atoms with Crippen LogP contribution in [0.15, 0.2) is 35.3 Å². The number of aliphatic imine (C=N–C) groups is 1. The number of aromatic nitrogens is 2. The summed E-state index contributed by atoms with van der Waals surface area (Å²) in [6, 6.07) is 10.3. The summed E-state index contributed by atoms with van der Waals surface area (Å²) in [6.45, 7) is 12.7. The van der Waals surface area contributed by atoms with Gasteiger partial charge in [0.2, 0.25) is 6.29 Å². The molecule has 1 heterocycles. The van der Waals surface area contributed by atoms with E-state index in [4.69, 9.17) is 14.2 Å². The lowest BCUT2D eigenvalue weighted by Crippen LogP contribution is -2.22. The number of aryl methyl sites for hydroxylation is 2. The molecule has 174 valence electrons. The van der Waals surface area contributed by atoms with Crippen LogP contribution in [0.4, 0.5) is 0 Å². The van der Waals surface area contributed by atoms with Gasteiger partial charge in [0.05, 0.1) is 5.69 Å². The van der Waals surface area contributed by atoms with Crippen LogP contribution in [0, 0.1) is 6.92 Å². The molecule has 0 radical (unpaired) electrons. The fourth-order valence-electron chi connectivity index (χ4n) is 3.30. The minimum atomic E-state index is -0.831. The standard InChI is InChI=1S/C25H35N3O4/c1-9-28-22(14-17(2)27-28)24(32-18(3)31-23(29)16-30-8)21(15-26-7)19-10-12-20(13-11-19)25(4,5)6/h10-15,18H,9,16H2,1-8H3/b24-21-,26-15-. The van der Waals surface area contributed by atoms with E-state index in [9.17, 15) is 4.79 Å². The van der Waals surface area contributed by atoms with Crippen molar-refractivity contribution in [2.45, 2.75) is 59.8 Å². The molecule has 0 amide bonds. The Kier molecular flexibility index (Phi) is 8.78. The molecule has 0 aliphatic rings. The van der Waals surface area contributed by atoms with E-state index in [2.05, 4.69) is 55.1 Å². The number of benzene rings is 1. The average Bonchev–Trinajstić information content (AvgIpc) is 3.10. The van der Waals surface area contributed by atoms with E-state index in [0.717, 1.165) is 22.5 Å². The molecule has 1 aromatic carbocycles. The first-order valence-corrected chi connectivity index (χ1v) is 10.8. The zero-order valence-electron chi connectivity index (χ0n) is 20.4. The number of carbonyl (C=O) groups excluding carboxylic acids is 1. The highest BCUT2D eigenvalue weighted by molar-refractivity contribution is 6.18. The van der Waals surface area contributed by atoms with E-state index in [1.54, 1.807) is 20.2 Å². The monoisotopic (exact) mass is 441 g/mol. The van der Waals surface area contributed by atoms with Crippen molar-refractivity contribution in [3.8, 4) is 0 Å². The minimum Gasteiger partial charge on any atom is -0.452 e. The summed E-state index contributed by atoms with van der Waals surface area (Å²) < 4.78 is 18.3. The van der Waals surface area contributed by atoms with E-state index >= 15 is 0 Å². The molecule has 2 aromatic rings. The molecule has 0 fully saturated rings. The highest BCUT2D eigenvalue weighted by Gasteiger charge is 2.22. The Hall–Kier alpha value is -2.93. The Labute approximate surface area is 191 Å². The Morgan fingerprint density at radius 2 is 1.88 bits per heavy atom. The van der Waals surface area contributed by atoms with Crippen molar-refractivity contribution in [3.63, 3.8) is 0 Å². The van der Waals surface area contributed by atoms with E-state index < -0.39 is 12.3 Å². The molecule has 2 rings (SSSR count). The summed E-state index contributed by atoms with van der Waals surface area (Å²) in [6.07, 6.45) is 0.926. The van der Waals surface area contributed by atoms with Gasteiger partial charge in [-0.25, -0.2) is 4.79 Å². The Morgan fingerprint density at radius 3 is 2.41 bits per heavy atom. The Bertz CT molecular complexity index is 966. The molecule has 1 atom stereocenters. The third-order valence-electron chi connectivity index (χ3n) is 4.84. The Morgan fingerprint density at radius 1 is 1.22 bits per heavy atom. The van der Waals surface area contributed by atoms with Gasteiger partial charge in [-0.3, -0.25) is 9.67 Å². The lowest BCUT2D eigenvalue weighted by molar-refractivity contribution is -0.168. The first-order valence-electron chi connectivity index (χ1n) is 10.8. The van der Waals surface area contributed by atoms with E-state index in [1.807, 2.05) is 24.6 Å². The van der Waals surface area contributed by atoms with Crippen LogP contribution in [0.25, 0.3) is 11.3 Å². The molecule has 1 aromatic heterocycles. The predicted molar refractivity (Wildman–Crippen MR) is 128 cm³/mol. The van der Waals surface area contributed by atoms with Crippen LogP contribution in [0.5, 0.6) is 0 Å². The number of hydrogen-bond donors (Lipinski definition) is 0. The van der Waals surface area contributed by atoms with Crippen LogP contribution in [-0.4, -0.2) is 49.0 Å². The molecule has 0 aliphatic carbocycles. The third-order valence-corrected chi connectivity index (χ3v) is 4.84. The van der Waals surface area contributed by atoms with E-state index in [-0.39, 0.29) is 12.0 Å². The molecule has 0 saturated heterocycles. The van der Waals surface area contributed by atoms with Crippen molar-refractivity contribution in [3.05, 3.63) is 52.8 Å². The van der Waals surface area contributed by atoms with Gasteiger partial charge in [-0.15, -0.1) is 0 Å². The number of hydrogen-bond acceptors (Lipinski definition) is 6. The van der Waals surface area contributed by atoms with Gasteiger partial charge in [0, 0.05) is 39.4 Å². The molecule has 7 nitrogen and oxygen atoms in total. The van der Waals surface area contributed by atoms with E-state index in [0.29, 0.717) is 12.3 Å². The summed E-state index contributed by atoms with van der Waals surface area (Å²) in [5.74, 6) is 0.0408. The lowest BCUT2D eigenvalue weighted by atomic mass is 9.86. The zero-order valence-corrected chi connectivity index (χ0v) is 20.4. The van der Waals surface area contributed by atoms with Gasteiger partial charge >= 0.3 is 5.97 Å². The molecule has 1 unspecified atom stereocenters. The molecule has 32 heavy (non-hydrogen) atoms. The largest absolute Gasteiger partial charge is 0.452 e. The second-order valence-corrected chi connectivity index (χ2v) is 8.55. The Balaban J connectivity index is 2.62. The van der Waals surface area contributed by atoms with Crippen molar-refractivity contribution in [2.75, 3.05) is 20.8 Å². The van der Waals surface area contributed by atoms with E-state index in [1.165, 1.54) is 12.7 Å². The minimum absolute atomic E-state index is 0.0442. The summed E-state index contributed by atoms with van der Waals surface area (Å²) in [7, 11) is 3.16. The fraction of sp³-hybridized carbons (Fsp3) is 0.480. The second kappa shape index (κ2) is 11.1. The highest BCUT2D eigenvalue weighted by Crippen LogP contribution is 2.30. The molecule has 0 saturated carbocycles. The maximum absolute atomic E-state index is 11.9. The molecule has 0 aliphatic heterocycles. The zero-order chi connectivity index (χ0) is 23.9. The van der Waals surface area contributed by atoms with Crippen molar-refractivity contribution in [1.29, 1.82) is 0 Å². The van der Waals surface area contributed by atoms with Gasteiger partial charge in [0.15, 0.2) is 5.76 Å². The van der Waals surface area contributed by atoms with Crippen molar-refractivity contribution < 1.29 is 19.0 Å². The van der Waals surface area contributed by atoms with Gasteiger partial charge in [-0.05, 0) is 36.5 Å². The van der Waals surface area contributed by atoms with Crippen LogP contribution in [0.2, 0.25) is 0 Å². The van der Waals surface area contributed by atoms with Crippen molar-refractivity contribution >= 4 is 23.5 Å². The fourth-order valence-corrected chi connectivity index (χ4v) is 3.30. The quantitative estimate of drug-likeness (QED) is 0.245. The van der Waals surface area contributed by atoms with Crippen molar-refractivity contribution in [2.24, 2.45) is 4.99 Å². The smallest absolute Gasteiger partial charge is 0.335 e. The van der Waals surface area contributed by atoms with Gasteiger partial charge in [-0.1, -0.05) is 45.0 Å². The number of ether oxygens (including phenoxy) is 3. The molecular weight excluding hydrogens is 406 g/mol. The summed E-state index contributed by atoms with van der Waals surface area (Å²) in [5, 5.41) is 4.56. The van der Waals surface area contributed by atoms with Crippen LogP contribution in [-0.2, 0) is 31.0 Å². The number of nitrogens with zero attached hydrogens (tertiary/aromatic N) is 3. The number of esters is 1.